The average molecular weight is 427 g/mol. The molecule has 0 aliphatic heterocycles. The van der Waals surface area contributed by atoms with Gasteiger partial charge in [0.1, 0.15) is 11.2 Å². The third kappa shape index (κ3) is 2.89. The van der Waals surface area contributed by atoms with Crippen molar-refractivity contribution in [3.8, 4) is 33.1 Å². The van der Waals surface area contributed by atoms with Gasteiger partial charge in [-0.2, -0.15) is 9.49 Å². The van der Waals surface area contributed by atoms with Crippen molar-refractivity contribution >= 4 is 33.5 Å². The van der Waals surface area contributed by atoms with Crippen molar-refractivity contribution in [2.24, 2.45) is 0 Å². The van der Waals surface area contributed by atoms with Crippen molar-refractivity contribution in [1.82, 2.24) is 35.1 Å². The Bertz CT molecular complexity index is 1580. The SMILES string of the molecule is Cc1ccncc1-c1cnc2[nH]nc(-c3nc4c(-c5ccc(F)s5)ccnc4[nH]3)c2c1. The van der Waals surface area contributed by atoms with Gasteiger partial charge in [0.2, 0.25) is 0 Å². The molecule has 6 heterocycles. The van der Waals surface area contributed by atoms with Crippen LogP contribution in [-0.4, -0.2) is 35.1 Å². The number of fused-ring (bicyclic) bond motifs is 2. The third-order valence-electron chi connectivity index (χ3n) is 5.21. The summed E-state index contributed by atoms with van der Waals surface area (Å²) in [7, 11) is 0. The van der Waals surface area contributed by atoms with Crippen molar-refractivity contribution in [3.05, 3.63) is 65.8 Å². The molecule has 0 aliphatic rings. The predicted octanol–water partition coefficient (Wildman–Crippen LogP) is 5.13. The molecule has 0 aliphatic carbocycles. The largest absolute Gasteiger partial charge is 0.321 e. The molecule has 0 unspecified atom stereocenters. The van der Waals surface area contributed by atoms with Crippen LogP contribution in [0.3, 0.4) is 0 Å². The number of rotatable bonds is 3. The highest BCUT2D eigenvalue weighted by molar-refractivity contribution is 7.14. The molecular weight excluding hydrogens is 413 g/mol. The van der Waals surface area contributed by atoms with Gasteiger partial charge < -0.3 is 4.98 Å². The lowest BCUT2D eigenvalue weighted by Crippen LogP contribution is -1.87. The zero-order valence-corrected chi connectivity index (χ0v) is 17.0. The van der Waals surface area contributed by atoms with E-state index in [4.69, 9.17) is 4.98 Å². The van der Waals surface area contributed by atoms with Gasteiger partial charge in [0.15, 0.2) is 22.2 Å². The van der Waals surface area contributed by atoms with Crippen molar-refractivity contribution in [1.29, 1.82) is 0 Å². The number of thiophene rings is 1. The molecule has 7 nitrogen and oxygen atoms in total. The van der Waals surface area contributed by atoms with E-state index in [0.717, 1.165) is 43.9 Å². The zero-order valence-electron chi connectivity index (χ0n) is 16.2. The number of hydrogen-bond acceptors (Lipinski definition) is 6. The Kier molecular flexibility index (Phi) is 3.90. The number of nitrogens with zero attached hydrogens (tertiary/aromatic N) is 5. The summed E-state index contributed by atoms with van der Waals surface area (Å²) in [6, 6.07) is 9.04. The second-order valence-corrected chi connectivity index (χ2v) is 8.16. The van der Waals surface area contributed by atoms with E-state index in [1.807, 2.05) is 31.3 Å². The summed E-state index contributed by atoms with van der Waals surface area (Å²) in [4.78, 5) is 21.9. The van der Waals surface area contributed by atoms with Crippen LogP contribution in [0.1, 0.15) is 5.56 Å². The monoisotopic (exact) mass is 427 g/mol. The van der Waals surface area contributed by atoms with Gasteiger partial charge >= 0.3 is 0 Å². The van der Waals surface area contributed by atoms with E-state index in [-0.39, 0.29) is 5.13 Å². The molecule has 0 radical (unpaired) electrons. The fourth-order valence-electron chi connectivity index (χ4n) is 3.68. The van der Waals surface area contributed by atoms with Crippen molar-refractivity contribution in [2.45, 2.75) is 6.92 Å². The number of halogens is 1. The van der Waals surface area contributed by atoms with Crippen LogP contribution in [-0.2, 0) is 0 Å². The number of hydrogen-bond donors (Lipinski definition) is 2. The highest BCUT2D eigenvalue weighted by atomic mass is 32.1. The number of H-pyrrole nitrogens is 2. The van der Waals surface area contributed by atoms with Crippen molar-refractivity contribution in [2.75, 3.05) is 0 Å². The van der Waals surface area contributed by atoms with Crippen LogP contribution in [0.15, 0.2) is 55.1 Å². The smallest absolute Gasteiger partial charge is 0.176 e. The maximum atomic E-state index is 13.6. The standard InChI is InChI=1S/C22H14FN7S/c1-11-4-6-24-10-15(11)12-8-14-19(29-30-20(14)26-9-12)22-27-18-13(5-7-25-21(18)28-22)16-2-3-17(23)31-16/h2-10H,1H3,(H,25,27,28)(H,26,29,30). The van der Waals surface area contributed by atoms with Crippen LogP contribution in [0.4, 0.5) is 4.39 Å². The summed E-state index contributed by atoms with van der Waals surface area (Å²) in [5.74, 6) is 0.570. The van der Waals surface area contributed by atoms with Crippen LogP contribution in [0.2, 0.25) is 0 Å². The number of aromatic amines is 2. The maximum absolute atomic E-state index is 13.6. The molecule has 6 aromatic rings. The van der Waals surface area contributed by atoms with Crippen molar-refractivity contribution in [3.63, 3.8) is 0 Å². The molecule has 0 spiro atoms. The quantitative estimate of drug-likeness (QED) is 0.408. The summed E-state index contributed by atoms with van der Waals surface area (Å²) in [5.41, 5.74) is 6.49. The summed E-state index contributed by atoms with van der Waals surface area (Å²) in [6.07, 6.45) is 7.09. The first kappa shape index (κ1) is 17.8. The Balaban J connectivity index is 1.52. The highest BCUT2D eigenvalue weighted by Gasteiger charge is 2.18. The van der Waals surface area contributed by atoms with Crippen LogP contribution in [0.5, 0.6) is 0 Å². The lowest BCUT2D eigenvalue weighted by Gasteiger charge is -2.04. The Morgan fingerprint density at radius 1 is 0.968 bits per heavy atom. The lowest BCUT2D eigenvalue weighted by atomic mass is 10.0. The molecule has 0 aromatic carbocycles. The topological polar surface area (TPSA) is 96.0 Å². The second kappa shape index (κ2) is 6.78. The van der Waals surface area contributed by atoms with Gasteiger partial charge in [-0.1, -0.05) is 0 Å². The Morgan fingerprint density at radius 3 is 2.74 bits per heavy atom. The third-order valence-corrected chi connectivity index (χ3v) is 6.12. The van der Waals surface area contributed by atoms with E-state index in [2.05, 4.69) is 30.1 Å². The van der Waals surface area contributed by atoms with Crippen LogP contribution in [0.25, 0.3) is 55.3 Å². The first-order valence-corrected chi connectivity index (χ1v) is 10.3. The van der Waals surface area contributed by atoms with Gasteiger partial charge in [0.05, 0.1) is 5.39 Å². The molecule has 0 saturated heterocycles. The fraction of sp³-hybridized carbons (Fsp3) is 0.0455. The molecule has 150 valence electrons. The molecule has 0 fully saturated rings. The highest BCUT2D eigenvalue weighted by Crippen LogP contribution is 2.34. The second-order valence-electron chi connectivity index (χ2n) is 7.13. The van der Waals surface area contributed by atoms with E-state index in [1.54, 1.807) is 24.7 Å². The molecule has 6 aromatic heterocycles. The molecule has 9 heteroatoms. The van der Waals surface area contributed by atoms with E-state index in [9.17, 15) is 4.39 Å². The molecule has 0 atom stereocenters. The summed E-state index contributed by atoms with van der Waals surface area (Å²) in [6.45, 7) is 2.04. The predicted molar refractivity (Wildman–Crippen MR) is 118 cm³/mol. The molecule has 0 saturated carbocycles. The Morgan fingerprint density at radius 2 is 1.90 bits per heavy atom. The fourth-order valence-corrected chi connectivity index (χ4v) is 4.43. The molecular formula is C22H14FN7S. The van der Waals surface area contributed by atoms with Gasteiger partial charge in [-0.25, -0.2) is 15.0 Å². The molecule has 0 bridgehead atoms. The van der Waals surface area contributed by atoms with E-state index >= 15 is 0 Å². The molecule has 0 amide bonds. The van der Waals surface area contributed by atoms with Gasteiger partial charge in [0, 0.05) is 46.4 Å². The van der Waals surface area contributed by atoms with Gasteiger partial charge in [0.25, 0.3) is 0 Å². The van der Waals surface area contributed by atoms with Crippen molar-refractivity contribution < 1.29 is 4.39 Å². The van der Waals surface area contributed by atoms with Crippen LogP contribution >= 0.6 is 11.3 Å². The molecule has 31 heavy (non-hydrogen) atoms. The summed E-state index contributed by atoms with van der Waals surface area (Å²) < 4.78 is 13.6. The zero-order chi connectivity index (χ0) is 20.9. The number of nitrogens with one attached hydrogen (secondary N) is 2. The average Bonchev–Trinajstić information content (AvgIpc) is 3.50. The number of imidazole rings is 1. The summed E-state index contributed by atoms with van der Waals surface area (Å²) >= 11 is 1.08. The summed E-state index contributed by atoms with van der Waals surface area (Å²) in [5, 5.41) is 8.01. The maximum Gasteiger partial charge on any atom is 0.176 e. The number of aromatic nitrogens is 7. The molecule has 6 rings (SSSR count). The number of aryl methyl sites for hydroxylation is 1. The van der Waals surface area contributed by atoms with Crippen LogP contribution < -0.4 is 0 Å². The Hall–Kier alpha value is -3.98. The minimum atomic E-state index is -0.238. The number of pyridine rings is 3. The van der Waals surface area contributed by atoms with E-state index < -0.39 is 0 Å². The Labute approximate surface area is 179 Å². The van der Waals surface area contributed by atoms with E-state index in [1.165, 1.54) is 6.07 Å². The van der Waals surface area contributed by atoms with Gasteiger partial charge in [-0.05, 0) is 42.8 Å². The molecule has 2 N–H and O–H groups in total. The van der Waals surface area contributed by atoms with Gasteiger partial charge in [-0.3, -0.25) is 10.1 Å². The first-order chi connectivity index (χ1) is 15.2. The minimum Gasteiger partial charge on any atom is -0.321 e. The minimum absolute atomic E-state index is 0.238. The first-order valence-electron chi connectivity index (χ1n) is 9.53. The van der Waals surface area contributed by atoms with Crippen LogP contribution in [0, 0.1) is 12.1 Å². The lowest BCUT2D eigenvalue weighted by molar-refractivity contribution is 0.657. The normalized spacial score (nSPS) is 11.5. The van der Waals surface area contributed by atoms with E-state index in [0.29, 0.717) is 28.3 Å². The van der Waals surface area contributed by atoms with Gasteiger partial charge in [-0.15, -0.1) is 11.3 Å².